The summed E-state index contributed by atoms with van der Waals surface area (Å²) < 4.78 is 36.0. The van der Waals surface area contributed by atoms with Gasteiger partial charge in [0.05, 0.1) is 24.1 Å². The maximum Gasteiger partial charge on any atom is 0.277 e. The summed E-state index contributed by atoms with van der Waals surface area (Å²) in [6, 6.07) is 15.5. The molecule has 150 valence electrons. The number of hydrogen-bond acceptors (Lipinski definition) is 6. The number of methoxy groups -OCH3 is 1. The number of nitrogens with one attached hydrogen (secondary N) is 1. The Labute approximate surface area is 168 Å². The van der Waals surface area contributed by atoms with Crippen molar-refractivity contribution in [2.75, 3.05) is 29.0 Å². The lowest BCUT2D eigenvalue weighted by Crippen LogP contribution is -2.25. The molecule has 0 bridgehead atoms. The van der Waals surface area contributed by atoms with Crippen molar-refractivity contribution in [1.29, 1.82) is 0 Å². The molecule has 9 heteroatoms. The van der Waals surface area contributed by atoms with Gasteiger partial charge in [-0.1, -0.05) is 17.3 Å². The average molecular weight is 413 g/mol. The van der Waals surface area contributed by atoms with Crippen LogP contribution in [0.3, 0.4) is 0 Å². The van der Waals surface area contributed by atoms with Gasteiger partial charge in [0.15, 0.2) is 11.5 Å². The first-order valence-corrected chi connectivity index (χ1v) is 10.6. The predicted molar refractivity (Wildman–Crippen MR) is 109 cm³/mol. The first-order chi connectivity index (χ1) is 14.0. The third-order valence-corrected chi connectivity index (χ3v) is 6.50. The first kappa shape index (κ1) is 19.0. The second-order valence-electron chi connectivity index (χ2n) is 6.52. The van der Waals surface area contributed by atoms with E-state index in [1.807, 2.05) is 18.2 Å². The van der Waals surface area contributed by atoms with E-state index in [0.717, 1.165) is 0 Å². The molecule has 0 spiro atoms. The van der Waals surface area contributed by atoms with Crippen molar-refractivity contribution in [2.45, 2.75) is 6.42 Å². The van der Waals surface area contributed by atoms with E-state index in [0.29, 0.717) is 41.4 Å². The Bertz CT molecular complexity index is 1140. The molecule has 1 aliphatic rings. The molecule has 0 aliphatic carbocycles. The van der Waals surface area contributed by atoms with E-state index in [4.69, 9.17) is 9.26 Å². The van der Waals surface area contributed by atoms with Crippen molar-refractivity contribution in [2.24, 2.45) is 0 Å². The third-order valence-electron chi connectivity index (χ3n) is 4.63. The highest BCUT2D eigenvalue weighted by Crippen LogP contribution is 2.30. The van der Waals surface area contributed by atoms with Crippen molar-refractivity contribution >= 4 is 27.3 Å². The third kappa shape index (κ3) is 3.81. The Kier molecular flexibility index (Phi) is 4.98. The first-order valence-electron chi connectivity index (χ1n) is 9.00. The molecule has 2 aromatic carbocycles. The van der Waals surface area contributed by atoms with Gasteiger partial charge in [0.25, 0.3) is 5.91 Å². The van der Waals surface area contributed by atoms with Crippen LogP contribution in [-0.4, -0.2) is 38.9 Å². The highest BCUT2D eigenvalue weighted by molar-refractivity contribution is 7.93. The van der Waals surface area contributed by atoms with Gasteiger partial charge >= 0.3 is 0 Å². The van der Waals surface area contributed by atoms with E-state index >= 15 is 0 Å². The van der Waals surface area contributed by atoms with Crippen LogP contribution < -0.4 is 14.4 Å². The van der Waals surface area contributed by atoms with Crippen LogP contribution in [0, 0.1) is 0 Å². The van der Waals surface area contributed by atoms with Crippen molar-refractivity contribution in [3.63, 3.8) is 0 Å². The predicted octanol–water partition coefficient (Wildman–Crippen LogP) is 3.14. The Morgan fingerprint density at radius 3 is 2.62 bits per heavy atom. The summed E-state index contributed by atoms with van der Waals surface area (Å²) in [5, 5.41) is 6.56. The number of para-hydroxylation sites is 1. The van der Waals surface area contributed by atoms with Crippen molar-refractivity contribution in [3.05, 3.63) is 60.3 Å². The molecule has 0 radical (unpaired) electrons. The number of carbonyl (C=O) groups excluding carboxylic acids is 1. The monoisotopic (exact) mass is 413 g/mol. The van der Waals surface area contributed by atoms with Crippen LogP contribution in [0.15, 0.2) is 59.1 Å². The normalized spacial score (nSPS) is 15.3. The number of ether oxygens (including phenoxy) is 1. The van der Waals surface area contributed by atoms with Gasteiger partial charge in [-0.15, -0.1) is 0 Å². The minimum Gasteiger partial charge on any atom is -0.496 e. The Morgan fingerprint density at radius 2 is 1.93 bits per heavy atom. The Balaban J connectivity index is 1.48. The molecule has 1 N–H and O–H groups in total. The molecule has 1 aromatic heterocycles. The number of amides is 1. The smallest absolute Gasteiger partial charge is 0.277 e. The van der Waals surface area contributed by atoms with Gasteiger partial charge in [0.1, 0.15) is 5.75 Å². The van der Waals surface area contributed by atoms with E-state index in [1.54, 1.807) is 43.5 Å². The van der Waals surface area contributed by atoms with Gasteiger partial charge in [0.2, 0.25) is 10.0 Å². The summed E-state index contributed by atoms with van der Waals surface area (Å²) in [6.07, 6.45) is 0.613. The minimum absolute atomic E-state index is 0.122. The summed E-state index contributed by atoms with van der Waals surface area (Å²) in [6.45, 7) is 0.471. The van der Waals surface area contributed by atoms with Gasteiger partial charge in [-0.05, 0) is 42.8 Å². The zero-order valence-corrected chi connectivity index (χ0v) is 16.5. The van der Waals surface area contributed by atoms with E-state index in [-0.39, 0.29) is 11.4 Å². The number of hydrogen-bond donors (Lipinski definition) is 1. The Morgan fingerprint density at radius 1 is 1.17 bits per heavy atom. The lowest BCUT2D eigenvalue weighted by Gasteiger charge is -2.17. The van der Waals surface area contributed by atoms with Crippen molar-refractivity contribution in [1.82, 2.24) is 5.16 Å². The minimum atomic E-state index is -3.24. The summed E-state index contributed by atoms with van der Waals surface area (Å²) in [7, 11) is -1.68. The van der Waals surface area contributed by atoms with Crippen LogP contribution >= 0.6 is 0 Å². The summed E-state index contributed by atoms with van der Waals surface area (Å²) >= 11 is 0. The molecule has 29 heavy (non-hydrogen) atoms. The average Bonchev–Trinajstić information content (AvgIpc) is 3.35. The largest absolute Gasteiger partial charge is 0.496 e. The summed E-state index contributed by atoms with van der Waals surface area (Å²) in [5.74, 6) is 0.758. The zero-order valence-electron chi connectivity index (χ0n) is 15.7. The highest BCUT2D eigenvalue weighted by atomic mass is 32.2. The molecule has 1 amide bonds. The fourth-order valence-corrected chi connectivity index (χ4v) is 4.76. The molecular formula is C20H19N3O5S. The standard InChI is InChI=1S/C20H19N3O5S/c1-27-18-6-3-2-5-16(18)19-13-17(22-28-19)20(24)21-14-7-9-15(10-8-14)23-11-4-12-29(23,25)26/h2-3,5-10,13H,4,11-12H2,1H3,(H,21,24). The van der Waals surface area contributed by atoms with Crippen LogP contribution in [0.2, 0.25) is 0 Å². The van der Waals surface area contributed by atoms with Crippen LogP contribution in [0.4, 0.5) is 11.4 Å². The fraction of sp³-hybridized carbons (Fsp3) is 0.200. The number of benzene rings is 2. The Hall–Kier alpha value is -3.33. The molecule has 8 nitrogen and oxygen atoms in total. The van der Waals surface area contributed by atoms with Gasteiger partial charge < -0.3 is 14.6 Å². The number of nitrogens with zero attached hydrogens (tertiary/aromatic N) is 2. The van der Waals surface area contributed by atoms with E-state index in [1.165, 1.54) is 4.31 Å². The fourth-order valence-electron chi connectivity index (χ4n) is 3.19. The lowest BCUT2D eigenvalue weighted by atomic mass is 10.1. The van der Waals surface area contributed by atoms with E-state index in [2.05, 4.69) is 10.5 Å². The van der Waals surface area contributed by atoms with Crippen molar-refractivity contribution < 1.29 is 22.5 Å². The van der Waals surface area contributed by atoms with Gasteiger partial charge in [-0.25, -0.2) is 8.42 Å². The summed E-state index contributed by atoms with van der Waals surface area (Å²) in [4.78, 5) is 12.5. The van der Waals surface area contributed by atoms with Crippen LogP contribution in [0.25, 0.3) is 11.3 Å². The number of anilines is 2. The number of sulfonamides is 1. The van der Waals surface area contributed by atoms with Crippen LogP contribution in [0.5, 0.6) is 5.75 Å². The molecule has 0 atom stereocenters. The van der Waals surface area contributed by atoms with Gasteiger partial charge in [-0.2, -0.15) is 0 Å². The maximum atomic E-state index is 12.5. The van der Waals surface area contributed by atoms with Crippen LogP contribution in [-0.2, 0) is 10.0 Å². The molecule has 1 saturated heterocycles. The topological polar surface area (TPSA) is 102 Å². The zero-order chi connectivity index (χ0) is 20.4. The summed E-state index contributed by atoms with van der Waals surface area (Å²) in [5.41, 5.74) is 1.92. The van der Waals surface area contributed by atoms with Crippen LogP contribution in [0.1, 0.15) is 16.9 Å². The lowest BCUT2D eigenvalue weighted by molar-refractivity contribution is 0.101. The number of rotatable bonds is 5. The number of aromatic nitrogens is 1. The van der Waals surface area contributed by atoms with Crippen molar-refractivity contribution in [3.8, 4) is 17.1 Å². The van der Waals surface area contributed by atoms with E-state index < -0.39 is 15.9 Å². The quantitative estimate of drug-likeness (QED) is 0.689. The maximum absolute atomic E-state index is 12.5. The second-order valence-corrected chi connectivity index (χ2v) is 8.53. The molecule has 1 aliphatic heterocycles. The van der Waals surface area contributed by atoms with Gasteiger partial charge in [0, 0.05) is 18.3 Å². The highest BCUT2D eigenvalue weighted by Gasteiger charge is 2.28. The molecule has 3 aromatic rings. The number of carbonyl (C=O) groups is 1. The molecule has 1 fully saturated rings. The molecule has 0 saturated carbocycles. The molecular weight excluding hydrogens is 394 g/mol. The SMILES string of the molecule is COc1ccccc1-c1cc(C(=O)Nc2ccc(N3CCCS3(=O)=O)cc2)no1. The van der Waals surface area contributed by atoms with Gasteiger partial charge in [-0.3, -0.25) is 9.10 Å². The molecule has 2 heterocycles. The second kappa shape index (κ2) is 7.59. The molecule has 0 unspecified atom stereocenters. The molecule has 4 rings (SSSR count). The van der Waals surface area contributed by atoms with E-state index in [9.17, 15) is 13.2 Å².